The van der Waals surface area contributed by atoms with Gasteiger partial charge in [0.15, 0.2) is 5.69 Å². The summed E-state index contributed by atoms with van der Waals surface area (Å²) in [5.41, 5.74) is 0.104. The van der Waals surface area contributed by atoms with E-state index in [4.69, 9.17) is 5.11 Å². The van der Waals surface area contributed by atoms with Gasteiger partial charge in [-0.2, -0.15) is 0 Å². The molecule has 0 amide bonds. The number of carbonyl (C=O) groups is 1. The lowest BCUT2D eigenvalue weighted by Crippen LogP contribution is -2.41. The van der Waals surface area contributed by atoms with Crippen molar-refractivity contribution in [3.8, 4) is 0 Å². The van der Waals surface area contributed by atoms with Gasteiger partial charge < -0.3 is 15.3 Å². The summed E-state index contributed by atoms with van der Waals surface area (Å²) in [5, 5.41) is 12.2. The van der Waals surface area contributed by atoms with E-state index in [-0.39, 0.29) is 17.2 Å². The van der Waals surface area contributed by atoms with E-state index in [0.717, 1.165) is 6.54 Å². The molecule has 0 aliphatic heterocycles. The van der Waals surface area contributed by atoms with E-state index < -0.39 is 5.97 Å². The molecule has 0 bridgehead atoms. The fourth-order valence-corrected chi connectivity index (χ4v) is 2.00. The van der Waals surface area contributed by atoms with Crippen molar-refractivity contribution in [3.63, 3.8) is 0 Å². The van der Waals surface area contributed by atoms with Gasteiger partial charge in [0.1, 0.15) is 5.82 Å². The molecule has 2 N–H and O–H groups in total. The quantitative estimate of drug-likeness (QED) is 0.825. The fourth-order valence-electron chi connectivity index (χ4n) is 2.00. The molecule has 0 radical (unpaired) electrons. The number of carboxylic acids is 1. The number of nitrogens with one attached hydrogen (secondary N) is 1. The van der Waals surface area contributed by atoms with E-state index in [0.29, 0.717) is 5.82 Å². The van der Waals surface area contributed by atoms with Gasteiger partial charge in [-0.15, -0.1) is 0 Å². The average Bonchev–Trinajstić information content (AvgIpc) is 2.27. The highest BCUT2D eigenvalue weighted by atomic mass is 16.4. The van der Waals surface area contributed by atoms with Crippen molar-refractivity contribution < 1.29 is 9.90 Å². The third kappa shape index (κ3) is 4.52. The van der Waals surface area contributed by atoms with Crippen LogP contribution < -0.4 is 5.32 Å². The van der Waals surface area contributed by atoms with E-state index in [1.54, 1.807) is 12.1 Å². The summed E-state index contributed by atoms with van der Waals surface area (Å²) in [5.74, 6) is -0.414. The summed E-state index contributed by atoms with van der Waals surface area (Å²) in [6.07, 6.45) is 0. The van der Waals surface area contributed by atoms with Crippen LogP contribution in [0.2, 0.25) is 0 Å². The van der Waals surface area contributed by atoms with Crippen LogP contribution in [0.1, 0.15) is 31.3 Å². The molecule has 1 aromatic rings. The summed E-state index contributed by atoms with van der Waals surface area (Å²) in [6.45, 7) is 7.36. The first kappa shape index (κ1) is 15.4. The molecule has 106 valence electrons. The molecule has 0 spiro atoms. The van der Waals surface area contributed by atoms with Crippen molar-refractivity contribution in [1.82, 2.24) is 9.88 Å². The van der Waals surface area contributed by atoms with Crippen molar-refractivity contribution >= 4 is 11.8 Å². The van der Waals surface area contributed by atoms with Crippen LogP contribution in [0.25, 0.3) is 0 Å². The van der Waals surface area contributed by atoms with Gasteiger partial charge in [0.25, 0.3) is 0 Å². The zero-order valence-electron chi connectivity index (χ0n) is 12.3. The fraction of sp³-hybridized carbons (Fsp3) is 0.571. The zero-order valence-corrected chi connectivity index (χ0v) is 12.3. The lowest BCUT2D eigenvalue weighted by molar-refractivity contribution is 0.0690. The minimum atomic E-state index is -1.01. The molecular formula is C14H23N3O2. The maximum atomic E-state index is 10.9. The normalized spacial score (nSPS) is 13.4. The number of nitrogens with zero attached hydrogens (tertiary/aromatic N) is 2. The standard InChI is InChI=1S/C14H23N3O2/c1-10(14(2,3)9-17(4)5)15-12-8-6-7-11(16-12)13(18)19/h6-8,10H,9H2,1-5H3,(H,15,16)(H,18,19). The smallest absolute Gasteiger partial charge is 0.354 e. The molecule has 0 saturated heterocycles. The molecule has 0 aliphatic carbocycles. The summed E-state index contributed by atoms with van der Waals surface area (Å²) in [6, 6.07) is 5.15. The minimum absolute atomic E-state index is 0.0460. The van der Waals surface area contributed by atoms with Crippen LogP contribution in [0.15, 0.2) is 18.2 Å². The second-order valence-electron chi connectivity index (χ2n) is 5.81. The van der Waals surface area contributed by atoms with Crippen molar-refractivity contribution in [1.29, 1.82) is 0 Å². The van der Waals surface area contributed by atoms with Gasteiger partial charge in [0.05, 0.1) is 0 Å². The maximum Gasteiger partial charge on any atom is 0.354 e. The summed E-state index contributed by atoms with van der Waals surface area (Å²) < 4.78 is 0. The Hall–Kier alpha value is -1.62. The maximum absolute atomic E-state index is 10.9. The summed E-state index contributed by atoms with van der Waals surface area (Å²) in [7, 11) is 4.08. The monoisotopic (exact) mass is 265 g/mol. The molecule has 5 nitrogen and oxygen atoms in total. The number of aromatic carboxylic acids is 1. The number of hydrogen-bond acceptors (Lipinski definition) is 4. The first-order valence-corrected chi connectivity index (χ1v) is 6.34. The minimum Gasteiger partial charge on any atom is -0.477 e. The highest BCUT2D eigenvalue weighted by Gasteiger charge is 2.26. The lowest BCUT2D eigenvalue weighted by Gasteiger charge is -2.35. The highest BCUT2D eigenvalue weighted by molar-refractivity contribution is 5.85. The largest absolute Gasteiger partial charge is 0.477 e. The van der Waals surface area contributed by atoms with Gasteiger partial charge in [-0.1, -0.05) is 19.9 Å². The molecule has 1 atom stereocenters. The number of pyridine rings is 1. The first-order valence-electron chi connectivity index (χ1n) is 6.34. The van der Waals surface area contributed by atoms with Gasteiger partial charge in [-0.3, -0.25) is 0 Å². The molecule has 1 heterocycles. The Morgan fingerprint density at radius 3 is 2.63 bits per heavy atom. The topological polar surface area (TPSA) is 65.5 Å². The first-order chi connectivity index (χ1) is 8.72. The predicted octanol–water partition coefficient (Wildman–Crippen LogP) is 2.17. The Kier molecular flexibility index (Phi) is 4.89. The Morgan fingerprint density at radius 2 is 2.11 bits per heavy atom. The molecule has 1 aromatic heterocycles. The Bertz CT molecular complexity index is 444. The van der Waals surface area contributed by atoms with Crippen LogP contribution >= 0.6 is 0 Å². The molecule has 0 aromatic carbocycles. The zero-order chi connectivity index (χ0) is 14.6. The average molecular weight is 265 g/mol. The molecule has 5 heteroatoms. The van der Waals surface area contributed by atoms with E-state index >= 15 is 0 Å². The number of carboxylic acid groups (broad SMARTS) is 1. The van der Waals surface area contributed by atoms with Crippen LogP contribution in [0.5, 0.6) is 0 Å². The van der Waals surface area contributed by atoms with Crippen molar-refractivity contribution in [2.75, 3.05) is 26.0 Å². The molecule has 1 rings (SSSR count). The molecular weight excluding hydrogens is 242 g/mol. The van der Waals surface area contributed by atoms with Gasteiger partial charge in [0, 0.05) is 12.6 Å². The van der Waals surface area contributed by atoms with Crippen LogP contribution in [0, 0.1) is 5.41 Å². The number of anilines is 1. The molecule has 1 unspecified atom stereocenters. The second kappa shape index (κ2) is 6.02. The third-order valence-electron chi connectivity index (χ3n) is 3.23. The lowest BCUT2D eigenvalue weighted by atomic mass is 9.85. The third-order valence-corrected chi connectivity index (χ3v) is 3.23. The second-order valence-corrected chi connectivity index (χ2v) is 5.81. The Morgan fingerprint density at radius 1 is 1.47 bits per heavy atom. The van der Waals surface area contributed by atoms with Crippen LogP contribution in [-0.2, 0) is 0 Å². The van der Waals surface area contributed by atoms with Gasteiger partial charge in [0.2, 0.25) is 0 Å². The van der Waals surface area contributed by atoms with Crippen molar-refractivity contribution in [2.45, 2.75) is 26.8 Å². The van der Waals surface area contributed by atoms with Crippen molar-refractivity contribution in [3.05, 3.63) is 23.9 Å². The Balaban J connectivity index is 2.78. The highest BCUT2D eigenvalue weighted by Crippen LogP contribution is 2.24. The summed E-state index contributed by atoms with van der Waals surface area (Å²) >= 11 is 0. The van der Waals surface area contributed by atoms with Gasteiger partial charge in [-0.25, -0.2) is 9.78 Å². The number of rotatable bonds is 6. The molecule has 0 fully saturated rings. The van der Waals surface area contributed by atoms with Crippen LogP contribution in [-0.4, -0.2) is 47.6 Å². The van der Waals surface area contributed by atoms with E-state index in [1.165, 1.54) is 6.07 Å². The number of hydrogen-bond donors (Lipinski definition) is 2. The molecule has 0 aliphatic rings. The molecule has 0 saturated carbocycles. The van der Waals surface area contributed by atoms with Crippen LogP contribution in [0.4, 0.5) is 5.82 Å². The predicted molar refractivity (Wildman–Crippen MR) is 76.6 cm³/mol. The van der Waals surface area contributed by atoms with Gasteiger partial charge >= 0.3 is 5.97 Å². The number of aromatic nitrogens is 1. The van der Waals surface area contributed by atoms with Crippen molar-refractivity contribution in [2.24, 2.45) is 5.41 Å². The van der Waals surface area contributed by atoms with Crippen LogP contribution in [0.3, 0.4) is 0 Å². The molecule has 19 heavy (non-hydrogen) atoms. The Labute approximate surface area is 114 Å². The van der Waals surface area contributed by atoms with E-state index in [2.05, 4.69) is 36.0 Å². The SMILES string of the molecule is CC(Nc1cccc(C(=O)O)n1)C(C)(C)CN(C)C. The van der Waals surface area contributed by atoms with E-state index in [9.17, 15) is 4.79 Å². The summed E-state index contributed by atoms with van der Waals surface area (Å²) in [4.78, 5) is 17.1. The van der Waals surface area contributed by atoms with Gasteiger partial charge in [-0.05, 0) is 38.6 Å². The van der Waals surface area contributed by atoms with E-state index in [1.807, 2.05) is 14.1 Å².